The molecule has 0 saturated carbocycles. The highest BCUT2D eigenvalue weighted by Crippen LogP contribution is 2.15. The van der Waals surface area contributed by atoms with Gasteiger partial charge in [-0.2, -0.15) is 0 Å². The van der Waals surface area contributed by atoms with E-state index in [2.05, 4.69) is 15.9 Å². The molecule has 1 aromatic carbocycles. The van der Waals surface area contributed by atoms with Gasteiger partial charge in [0, 0.05) is 10.0 Å². The summed E-state index contributed by atoms with van der Waals surface area (Å²) in [5.74, 6) is -0.236. The van der Waals surface area contributed by atoms with Crippen LogP contribution in [0.2, 0.25) is 0 Å². The Labute approximate surface area is 91.7 Å². The molecule has 0 unspecified atom stereocenters. The minimum absolute atomic E-state index is 0.236. The van der Waals surface area contributed by atoms with Gasteiger partial charge in [0.15, 0.2) is 0 Å². The first-order valence-electron chi connectivity index (χ1n) is 4.37. The summed E-state index contributed by atoms with van der Waals surface area (Å²) in [7, 11) is 0. The first kappa shape index (κ1) is 11.4. The van der Waals surface area contributed by atoms with Gasteiger partial charge in [-0.3, -0.25) is 0 Å². The molecule has 0 atom stereocenters. The van der Waals surface area contributed by atoms with E-state index in [1.165, 1.54) is 6.07 Å². The molecule has 0 heterocycles. The molecule has 14 heavy (non-hydrogen) atoms. The van der Waals surface area contributed by atoms with Gasteiger partial charge in [-0.05, 0) is 19.1 Å². The quantitative estimate of drug-likeness (QED) is 0.592. The van der Waals surface area contributed by atoms with Crippen molar-refractivity contribution >= 4 is 15.9 Å². The summed E-state index contributed by atoms with van der Waals surface area (Å²) < 4.78 is 19.2. The Morgan fingerprint density at radius 2 is 2.29 bits per heavy atom. The molecule has 3 heteroatoms. The Morgan fingerprint density at radius 3 is 2.93 bits per heavy atom. The molecule has 0 bridgehead atoms. The van der Waals surface area contributed by atoms with Crippen LogP contribution in [0.5, 0.6) is 0 Å². The fourth-order valence-corrected chi connectivity index (χ4v) is 1.31. The predicted molar refractivity (Wildman–Crippen MR) is 58.6 cm³/mol. The number of benzene rings is 1. The van der Waals surface area contributed by atoms with E-state index in [4.69, 9.17) is 4.74 Å². The lowest BCUT2D eigenvalue weighted by Gasteiger charge is -2.03. The highest BCUT2D eigenvalue weighted by atomic mass is 79.9. The maximum Gasteiger partial charge on any atom is 0.129 e. The van der Waals surface area contributed by atoms with Gasteiger partial charge in [0.05, 0.1) is 13.2 Å². The Bertz CT molecular complexity index is 323. The van der Waals surface area contributed by atoms with Gasteiger partial charge in [0.2, 0.25) is 0 Å². The lowest BCUT2D eigenvalue weighted by molar-refractivity contribution is 0.146. The average molecular weight is 259 g/mol. The van der Waals surface area contributed by atoms with Gasteiger partial charge >= 0.3 is 0 Å². The van der Waals surface area contributed by atoms with E-state index in [-0.39, 0.29) is 5.82 Å². The zero-order valence-corrected chi connectivity index (χ0v) is 9.55. The lowest BCUT2D eigenvalue weighted by Crippen LogP contribution is -1.95. The molecule has 0 saturated heterocycles. The molecular weight excluding hydrogens is 247 g/mol. The third-order valence-corrected chi connectivity index (χ3v) is 2.22. The van der Waals surface area contributed by atoms with Crippen LogP contribution >= 0.6 is 15.9 Å². The first-order chi connectivity index (χ1) is 6.74. The van der Waals surface area contributed by atoms with E-state index in [0.717, 1.165) is 4.47 Å². The maximum atomic E-state index is 13.2. The summed E-state index contributed by atoms with van der Waals surface area (Å²) in [6.45, 7) is 2.75. The number of hydrogen-bond donors (Lipinski definition) is 0. The van der Waals surface area contributed by atoms with Gasteiger partial charge in [-0.25, -0.2) is 4.39 Å². The predicted octanol–water partition coefficient (Wildman–Crippen LogP) is 3.68. The van der Waals surface area contributed by atoms with Crippen molar-refractivity contribution in [2.75, 3.05) is 6.61 Å². The van der Waals surface area contributed by atoms with Crippen LogP contribution in [0.25, 0.3) is 0 Å². The number of halogens is 2. The van der Waals surface area contributed by atoms with E-state index in [0.29, 0.717) is 18.8 Å². The van der Waals surface area contributed by atoms with Crippen molar-refractivity contribution in [2.24, 2.45) is 0 Å². The van der Waals surface area contributed by atoms with E-state index in [1.54, 1.807) is 12.1 Å². The van der Waals surface area contributed by atoms with Gasteiger partial charge in [-0.15, -0.1) is 0 Å². The number of allylic oxidation sites excluding steroid dienone is 1. The fourth-order valence-electron chi connectivity index (χ4n) is 0.972. The molecule has 0 fully saturated rings. The molecule has 0 amide bonds. The highest BCUT2D eigenvalue weighted by Gasteiger charge is 2.01. The second-order valence-corrected chi connectivity index (χ2v) is 3.74. The van der Waals surface area contributed by atoms with Gasteiger partial charge in [-0.1, -0.05) is 34.1 Å². The number of hydrogen-bond acceptors (Lipinski definition) is 1. The minimum Gasteiger partial charge on any atom is -0.373 e. The lowest BCUT2D eigenvalue weighted by atomic mass is 10.2. The van der Waals surface area contributed by atoms with Crippen molar-refractivity contribution in [2.45, 2.75) is 13.5 Å². The maximum absolute atomic E-state index is 13.2. The first-order valence-corrected chi connectivity index (χ1v) is 5.16. The zero-order chi connectivity index (χ0) is 10.4. The van der Waals surface area contributed by atoms with Crippen LogP contribution in [0, 0.1) is 5.82 Å². The normalized spacial score (nSPS) is 11.1. The topological polar surface area (TPSA) is 9.23 Å². The Morgan fingerprint density at radius 1 is 1.50 bits per heavy atom. The molecule has 0 N–H and O–H groups in total. The molecule has 0 aliphatic heterocycles. The summed E-state index contributed by atoms with van der Waals surface area (Å²) in [6.07, 6.45) is 3.79. The van der Waals surface area contributed by atoms with Crippen molar-refractivity contribution in [3.8, 4) is 0 Å². The summed E-state index contributed by atoms with van der Waals surface area (Å²) in [4.78, 5) is 0. The Balaban J connectivity index is 2.50. The summed E-state index contributed by atoms with van der Waals surface area (Å²) in [5, 5.41) is 0. The second-order valence-electron chi connectivity index (χ2n) is 2.82. The van der Waals surface area contributed by atoms with Crippen molar-refractivity contribution in [1.82, 2.24) is 0 Å². The number of ether oxygens (including phenoxy) is 1. The molecule has 76 valence electrons. The molecule has 1 rings (SSSR count). The molecule has 1 nitrogen and oxygen atoms in total. The molecule has 0 aromatic heterocycles. The van der Waals surface area contributed by atoms with Crippen LogP contribution in [0.15, 0.2) is 34.8 Å². The standard InChI is InChI=1S/C11H12BrFO/c1-2-3-6-14-8-9-4-5-10(12)7-11(9)13/h2-5,7H,6,8H2,1H3. The van der Waals surface area contributed by atoms with Crippen molar-refractivity contribution in [1.29, 1.82) is 0 Å². The summed E-state index contributed by atoms with van der Waals surface area (Å²) in [5.41, 5.74) is 0.581. The van der Waals surface area contributed by atoms with Gasteiger partial charge < -0.3 is 4.74 Å². The molecule has 0 aliphatic rings. The molecular formula is C11H12BrFO. The van der Waals surface area contributed by atoms with Crippen LogP contribution in [0.4, 0.5) is 4.39 Å². The molecule has 0 spiro atoms. The summed E-state index contributed by atoms with van der Waals surface area (Å²) >= 11 is 3.20. The number of rotatable bonds is 4. The van der Waals surface area contributed by atoms with E-state index < -0.39 is 0 Å². The largest absolute Gasteiger partial charge is 0.373 e. The van der Waals surface area contributed by atoms with Crippen LogP contribution in [0.1, 0.15) is 12.5 Å². The second kappa shape index (κ2) is 5.94. The molecule has 0 aliphatic carbocycles. The Hall–Kier alpha value is -0.670. The third-order valence-electron chi connectivity index (χ3n) is 1.72. The van der Waals surface area contributed by atoms with Crippen LogP contribution < -0.4 is 0 Å². The van der Waals surface area contributed by atoms with E-state index in [9.17, 15) is 4.39 Å². The zero-order valence-electron chi connectivity index (χ0n) is 7.97. The van der Waals surface area contributed by atoms with Crippen LogP contribution in [-0.2, 0) is 11.3 Å². The fraction of sp³-hybridized carbons (Fsp3) is 0.273. The Kier molecular flexibility index (Phi) is 4.84. The highest BCUT2D eigenvalue weighted by molar-refractivity contribution is 9.10. The monoisotopic (exact) mass is 258 g/mol. The third kappa shape index (κ3) is 3.60. The molecule has 0 radical (unpaired) electrons. The SMILES string of the molecule is CC=CCOCc1ccc(Br)cc1F. The minimum atomic E-state index is -0.236. The van der Waals surface area contributed by atoms with Crippen molar-refractivity contribution in [3.05, 3.63) is 46.2 Å². The smallest absolute Gasteiger partial charge is 0.129 e. The van der Waals surface area contributed by atoms with Gasteiger partial charge in [0.1, 0.15) is 5.82 Å². The molecule has 1 aromatic rings. The van der Waals surface area contributed by atoms with E-state index >= 15 is 0 Å². The van der Waals surface area contributed by atoms with Crippen molar-refractivity contribution < 1.29 is 9.13 Å². The average Bonchev–Trinajstić information content (AvgIpc) is 2.15. The van der Waals surface area contributed by atoms with Crippen molar-refractivity contribution in [3.63, 3.8) is 0 Å². The van der Waals surface area contributed by atoms with Gasteiger partial charge in [0.25, 0.3) is 0 Å². The van der Waals surface area contributed by atoms with Crippen LogP contribution in [0.3, 0.4) is 0 Å². The summed E-state index contributed by atoms with van der Waals surface area (Å²) in [6, 6.07) is 4.96. The van der Waals surface area contributed by atoms with E-state index in [1.807, 2.05) is 19.1 Å². The van der Waals surface area contributed by atoms with Crippen LogP contribution in [-0.4, -0.2) is 6.61 Å².